The lowest BCUT2D eigenvalue weighted by Gasteiger charge is -2.32. The largest absolute Gasteiger partial charge is 0.451 e. The fourth-order valence-corrected chi connectivity index (χ4v) is 4.72. The molecule has 0 radical (unpaired) electrons. The number of rotatable bonds is 23. The van der Waals surface area contributed by atoms with Gasteiger partial charge in [-0.2, -0.15) is 26.3 Å². The first-order chi connectivity index (χ1) is 21.2. The van der Waals surface area contributed by atoms with Crippen molar-refractivity contribution in [1.82, 2.24) is 10.6 Å². The Bertz CT molecular complexity index is 1020. The minimum Gasteiger partial charge on any atom is -0.353 e. The lowest BCUT2D eigenvalue weighted by molar-refractivity contribution is -0.186. The van der Waals surface area contributed by atoms with Crippen molar-refractivity contribution in [1.29, 1.82) is 0 Å². The van der Waals surface area contributed by atoms with Crippen LogP contribution in [0, 0.1) is 10.8 Å². The molecule has 0 unspecified atom stereocenters. The molecule has 0 aromatic heterocycles. The number of carbonyl (C=O) groups is 8. The van der Waals surface area contributed by atoms with E-state index in [1.165, 1.54) is 27.7 Å². The van der Waals surface area contributed by atoms with E-state index >= 15 is 0 Å². The van der Waals surface area contributed by atoms with Crippen LogP contribution in [-0.2, 0) is 38.4 Å². The van der Waals surface area contributed by atoms with Gasteiger partial charge in [0.05, 0.1) is 0 Å². The second-order valence-corrected chi connectivity index (χ2v) is 10.9. The molecule has 0 aliphatic carbocycles. The van der Waals surface area contributed by atoms with Crippen molar-refractivity contribution in [2.75, 3.05) is 13.1 Å². The van der Waals surface area contributed by atoms with Crippen LogP contribution >= 0.6 is 0 Å². The Kier molecular flexibility index (Phi) is 17.2. The van der Waals surface area contributed by atoms with Crippen LogP contribution in [0.2, 0.25) is 0 Å². The summed E-state index contributed by atoms with van der Waals surface area (Å²) in [5.41, 5.74) is -5.79. The summed E-state index contributed by atoms with van der Waals surface area (Å²) in [7, 11) is 0. The van der Waals surface area contributed by atoms with Crippen LogP contribution in [-0.4, -0.2) is 72.0 Å². The third-order valence-corrected chi connectivity index (χ3v) is 7.85. The van der Waals surface area contributed by atoms with Gasteiger partial charge in [0.2, 0.25) is 11.8 Å². The van der Waals surface area contributed by atoms with Crippen LogP contribution in [0.4, 0.5) is 26.3 Å². The summed E-state index contributed by atoms with van der Waals surface area (Å²) in [6.45, 7) is 4.19. The molecule has 0 aromatic carbocycles. The van der Waals surface area contributed by atoms with Crippen LogP contribution in [0.5, 0.6) is 0 Å². The van der Waals surface area contributed by atoms with E-state index in [2.05, 4.69) is 0 Å². The summed E-state index contributed by atoms with van der Waals surface area (Å²) in [5, 5.41) is 4.07. The molecule has 0 atom stereocenters. The van der Waals surface area contributed by atoms with E-state index in [0.717, 1.165) is 0 Å². The Morgan fingerprint density at radius 3 is 0.826 bits per heavy atom. The summed E-state index contributed by atoms with van der Waals surface area (Å²) < 4.78 is 82.2. The average Bonchev–Trinajstić information content (AvgIpc) is 3.00. The SMILES string of the molecule is CCC(=O)CCC(CCC(=O)CC)(C(=O)NCCNC(=O)C(CCC(=O)CC)(CCC(=O)CC)C(=O)C(F)(F)F)C(=O)C(F)(F)F. The van der Waals surface area contributed by atoms with Gasteiger partial charge in [0, 0.05) is 64.5 Å². The number of hydrogen-bond donors (Lipinski definition) is 2. The molecule has 2 N–H and O–H groups in total. The standard InChI is InChI=1S/C30H42F6N2O8/c1-5-19(39)9-13-27(14-10-20(40)6-2,23(43)29(31,32)33)25(45)37-17-18-38-26(46)28(15-11-21(41)7-3,16-12-22(42)8-4)24(44)30(34,35)36/h5-18H2,1-4H3,(H,37,45)(H,38,46). The predicted molar refractivity (Wildman–Crippen MR) is 151 cm³/mol. The first-order valence-electron chi connectivity index (χ1n) is 15.0. The summed E-state index contributed by atoms with van der Waals surface area (Å²) in [6, 6.07) is 0. The molecule has 0 heterocycles. The Morgan fingerprint density at radius 2 is 0.652 bits per heavy atom. The van der Waals surface area contributed by atoms with Crippen LogP contribution in [0.15, 0.2) is 0 Å². The predicted octanol–water partition coefficient (Wildman–Crippen LogP) is 4.49. The maximum Gasteiger partial charge on any atom is 0.451 e. The Hall–Kier alpha value is -3.46. The molecule has 16 heteroatoms. The Morgan fingerprint density at radius 1 is 0.435 bits per heavy atom. The van der Waals surface area contributed by atoms with Crippen molar-refractivity contribution in [3.8, 4) is 0 Å². The third-order valence-electron chi connectivity index (χ3n) is 7.85. The van der Waals surface area contributed by atoms with Gasteiger partial charge < -0.3 is 10.6 Å². The first-order valence-corrected chi connectivity index (χ1v) is 15.0. The topological polar surface area (TPSA) is 161 Å². The van der Waals surface area contributed by atoms with Gasteiger partial charge in [0.15, 0.2) is 0 Å². The molecule has 0 bridgehead atoms. The van der Waals surface area contributed by atoms with Gasteiger partial charge in [-0.05, 0) is 25.7 Å². The number of carbonyl (C=O) groups excluding carboxylic acids is 8. The zero-order chi connectivity index (χ0) is 35.9. The number of amides is 2. The van der Waals surface area contributed by atoms with Gasteiger partial charge in [0.1, 0.15) is 34.0 Å². The average molecular weight is 673 g/mol. The molecule has 0 spiro atoms. The van der Waals surface area contributed by atoms with Crippen LogP contribution in [0.1, 0.15) is 105 Å². The van der Waals surface area contributed by atoms with E-state index in [1.54, 1.807) is 0 Å². The van der Waals surface area contributed by atoms with Crippen LogP contribution in [0.3, 0.4) is 0 Å². The molecule has 262 valence electrons. The summed E-state index contributed by atoms with van der Waals surface area (Å²) in [6.07, 6.45) is -17.4. The van der Waals surface area contributed by atoms with Crippen molar-refractivity contribution in [3.05, 3.63) is 0 Å². The zero-order valence-corrected chi connectivity index (χ0v) is 26.4. The van der Waals surface area contributed by atoms with Gasteiger partial charge >= 0.3 is 12.4 Å². The molecule has 0 aromatic rings. The number of hydrogen-bond acceptors (Lipinski definition) is 8. The minimum absolute atomic E-state index is 0.107. The van der Waals surface area contributed by atoms with E-state index in [9.17, 15) is 64.7 Å². The monoisotopic (exact) mass is 672 g/mol. The van der Waals surface area contributed by atoms with Crippen molar-refractivity contribution < 1.29 is 64.7 Å². The molecule has 46 heavy (non-hydrogen) atoms. The molecular formula is C30H42F6N2O8. The van der Waals surface area contributed by atoms with Crippen molar-refractivity contribution in [2.24, 2.45) is 10.8 Å². The maximum absolute atomic E-state index is 13.7. The molecule has 0 rings (SSSR count). The number of ketones is 6. The number of Topliss-reactive ketones (excluding diaryl/α,β-unsaturated/α-hetero) is 6. The number of alkyl halides is 6. The molecular weight excluding hydrogens is 630 g/mol. The Labute approximate surface area is 263 Å². The number of nitrogens with one attached hydrogen (secondary N) is 2. The fourth-order valence-electron chi connectivity index (χ4n) is 4.72. The quantitative estimate of drug-likeness (QED) is 0.0912. The maximum atomic E-state index is 13.7. The Balaban J connectivity index is 6.31. The van der Waals surface area contributed by atoms with E-state index in [0.29, 0.717) is 0 Å². The highest BCUT2D eigenvalue weighted by Crippen LogP contribution is 2.40. The lowest BCUT2D eigenvalue weighted by atomic mass is 9.72. The lowest BCUT2D eigenvalue weighted by Crippen LogP contribution is -2.54. The summed E-state index contributed by atoms with van der Waals surface area (Å²) in [4.78, 5) is 99.4. The normalized spacial score (nSPS) is 12.3. The molecule has 0 aliphatic rings. The highest BCUT2D eigenvalue weighted by Gasteiger charge is 2.58. The van der Waals surface area contributed by atoms with Crippen molar-refractivity contribution in [3.63, 3.8) is 0 Å². The first kappa shape index (κ1) is 42.5. The van der Waals surface area contributed by atoms with Crippen molar-refractivity contribution in [2.45, 2.75) is 117 Å². The smallest absolute Gasteiger partial charge is 0.353 e. The van der Waals surface area contributed by atoms with Crippen molar-refractivity contribution >= 4 is 46.5 Å². The van der Waals surface area contributed by atoms with Gasteiger partial charge in [0.25, 0.3) is 11.6 Å². The van der Waals surface area contributed by atoms with Crippen LogP contribution < -0.4 is 10.6 Å². The molecule has 0 aliphatic heterocycles. The molecule has 0 fully saturated rings. The summed E-state index contributed by atoms with van der Waals surface area (Å²) in [5.74, 6) is -10.3. The van der Waals surface area contributed by atoms with Gasteiger partial charge in [-0.15, -0.1) is 0 Å². The molecule has 10 nitrogen and oxygen atoms in total. The fraction of sp³-hybridized carbons (Fsp3) is 0.733. The molecule has 0 saturated heterocycles. The van der Waals surface area contributed by atoms with Gasteiger partial charge in [-0.3, -0.25) is 38.4 Å². The van der Waals surface area contributed by atoms with E-state index in [1.807, 2.05) is 10.6 Å². The second-order valence-electron chi connectivity index (χ2n) is 10.9. The van der Waals surface area contributed by atoms with E-state index in [-0.39, 0.29) is 25.7 Å². The zero-order valence-electron chi connectivity index (χ0n) is 26.4. The highest BCUT2D eigenvalue weighted by atomic mass is 19.4. The van der Waals surface area contributed by atoms with Gasteiger partial charge in [-0.25, -0.2) is 0 Å². The highest BCUT2D eigenvalue weighted by molar-refractivity contribution is 6.10. The minimum atomic E-state index is -5.54. The van der Waals surface area contributed by atoms with E-state index in [4.69, 9.17) is 0 Å². The molecule has 2 amide bonds. The van der Waals surface area contributed by atoms with Gasteiger partial charge in [-0.1, -0.05) is 27.7 Å². The molecule has 0 saturated carbocycles. The number of halogens is 6. The third kappa shape index (κ3) is 12.4. The van der Waals surface area contributed by atoms with Crippen LogP contribution in [0.25, 0.3) is 0 Å². The van der Waals surface area contributed by atoms with E-state index < -0.39 is 134 Å². The second kappa shape index (κ2) is 18.6. The summed E-state index contributed by atoms with van der Waals surface area (Å²) >= 11 is 0.